The molecule has 0 saturated heterocycles. The van der Waals surface area contributed by atoms with Crippen molar-refractivity contribution < 1.29 is 14.3 Å². The molecule has 0 aliphatic heterocycles. The summed E-state index contributed by atoms with van der Waals surface area (Å²) >= 11 is 5.72. The minimum atomic E-state index is -0.351. The molecule has 0 aliphatic rings. The van der Waals surface area contributed by atoms with Gasteiger partial charge in [-0.15, -0.1) is 11.6 Å². The topological polar surface area (TPSA) is 35.5 Å². The van der Waals surface area contributed by atoms with Gasteiger partial charge in [0.05, 0.1) is 13.7 Å². The summed E-state index contributed by atoms with van der Waals surface area (Å²) in [6, 6.07) is 5.24. The van der Waals surface area contributed by atoms with Crippen LogP contribution in [-0.4, -0.2) is 19.7 Å². The Balaban J connectivity index is 2.78. The molecule has 0 unspecified atom stereocenters. The molecule has 94 valence electrons. The SMILES string of the molecule is CCCCOC(=O)c1ccc(CCl)cc1OC. The number of rotatable bonds is 6. The van der Waals surface area contributed by atoms with E-state index < -0.39 is 0 Å². The van der Waals surface area contributed by atoms with Gasteiger partial charge in [0.1, 0.15) is 11.3 Å². The van der Waals surface area contributed by atoms with Crippen molar-refractivity contribution in [1.29, 1.82) is 0 Å². The van der Waals surface area contributed by atoms with E-state index in [4.69, 9.17) is 21.1 Å². The molecule has 0 N–H and O–H groups in total. The number of carbonyl (C=O) groups is 1. The monoisotopic (exact) mass is 256 g/mol. The van der Waals surface area contributed by atoms with Crippen LogP contribution in [0.2, 0.25) is 0 Å². The Hall–Kier alpha value is -1.22. The fourth-order valence-corrected chi connectivity index (χ4v) is 1.54. The second kappa shape index (κ2) is 7.17. The second-order valence-electron chi connectivity index (χ2n) is 3.66. The van der Waals surface area contributed by atoms with Crippen LogP contribution in [-0.2, 0) is 10.6 Å². The van der Waals surface area contributed by atoms with E-state index >= 15 is 0 Å². The Labute approximate surface area is 107 Å². The van der Waals surface area contributed by atoms with Gasteiger partial charge < -0.3 is 9.47 Å². The molecular formula is C13H17ClO3. The smallest absolute Gasteiger partial charge is 0.341 e. The molecule has 0 amide bonds. The van der Waals surface area contributed by atoms with Crippen LogP contribution in [0, 0.1) is 0 Å². The first kappa shape index (κ1) is 13.8. The zero-order valence-corrected chi connectivity index (χ0v) is 10.9. The van der Waals surface area contributed by atoms with E-state index in [0.29, 0.717) is 23.8 Å². The average molecular weight is 257 g/mol. The lowest BCUT2D eigenvalue weighted by Crippen LogP contribution is -2.08. The van der Waals surface area contributed by atoms with E-state index in [-0.39, 0.29) is 5.97 Å². The Kier molecular flexibility index (Phi) is 5.84. The fraction of sp³-hybridized carbons (Fsp3) is 0.462. The quantitative estimate of drug-likeness (QED) is 0.445. The first-order valence-electron chi connectivity index (χ1n) is 5.63. The highest BCUT2D eigenvalue weighted by atomic mass is 35.5. The number of hydrogen-bond donors (Lipinski definition) is 0. The molecule has 4 heteroatoms. The maximum absolute atomic E-state index is 11.8. The van der Waals surface area contributed by atoms with Gasteiger partial charge >= 0.3 is 5.97 Å². The third-order valence-corrected chi connectivity index (χ3v) is 2.68. The molecule has 0 fully saturated rings. The van der Waals surface area contributed by atoms with Crippen molar-refractivity contribution >= 4 is 17.6 Å². The molecule has 17 heavy (non-hydrogen) atoms. The summed E-state index contributed by atoms with van der Waals surface area (Å²) in [7, 11) is 1.52. The number of halogens is 1. The standard InChI is InChI=1S/C13H17ClO3/c1-3-4-7-17-13(15)11-6-5-10(9-14)8-12(11)16-2/h5-6,8H,3-4,7,9H2,1-2H3. The van der Waals surface area contributed by atoms with Crippen LogP contribution in [0.25, 0.3) is 0 Å². The molecule has 0 bridgehead atoms. The lowest BCUT2D eigenvalue weighted by Gasteiger charge is -2.09. The second-order valence-corrected chi connectivity index (χ2v) is 3.93. The van der Waals surface area contributed by atoms with Crippen LogP contribution in [0.4, 0.5) is 0 Å². The number of unbranched alkanes of at least 4 members (excludes halogenated alkanes) is 1. The lowest BCUT2D eigenvalue weighted by molar-refractivity contribution is 0.0496. The highest BCUT2D eigenvalue weighted by Crippen LogP contribution is 2.22. The van der Waals surface area contributed by atoms with Crippen LogP contribution < -0.4 is 4.74 Å². The van der Waals surface area contributed by atoms with E-state index in [1.54, 1.807) is 18.2 Å². The van der Waals surface area contributed by atoms with Gasteiger partial charge in [-0.2, -0.15) is 0 Å². The van der Waals surface area contributed by atoms with Crippen molar-refractivity contribution in [3.05, 3.63) is 29.3 Å². The Morgan fingerprint density at radius 3 is 2.76 bits per heavy atom. The lowest BCUT2D eigenvalue weighted by atomic mass is 10.1. The maximum Gasteiger partial charge on any atom is 0.341 e. The van der Waals surface area contributed by atoms with Crippen LogP contribution in [0.5, 0.6) is 5.75 Å². The predicted molar refractivity (Wildman–Crippen MR) is 67.7 cm³/mol. The first-order chi connectivity index (χ1) is 8.22. The zero-order valence-electron chi connectivity index (χ0n) is 10.2. The molecule has 1 rings (SSSR count). The summed E-state index contributed by atoms with van der Waals surface area (Å²) in [5, 5.41) is 0. The van der Waals surface area contributed by atoms with E-state index in [0.717, 1.165) is 18.4 Å². The molecule has 1 aromatic carbocycles. The Bertz CT molecular complexity index is 377. The van der Waals surface area contributed by atoms with Gasteiger partial charge in [0.2, 0.25) is 0 Å². The van der Waals surface area contributed by atoms with E-state index in [1.807, 2.05) is 6.92 Å². The molecule has 1 aromatic rings. The summed E-state index contributed by atoms with van der Waals surface area (Å²) < 4.78 is 10.3. The van der Waals surface area contributed by atoms with Crippen molar-refractivity contribution in [1.82, 2.24) is 0 Å². The van der Waals surface area contributed by atoms with E-state index in [9.17, 15) is 4.79 Å². The number of esters is 1. The number of methoxy groups -OCH3 is 1. The largest absolute Gasteiger partial charge is 0.496 e. The van der Waals surface area contributed by atoms with Gasteiger partial charge in [-0.05, 0) is 24.1 Å². The first-order valence-corrected chi connectivity index (χ1v) is 6.16. The van der Waals surface area contributed by atoms with Gasteiger partial charge in [0.25, 0.3) is 0 Å². The van der Waals surface area contributed by atoms with Crippen molar-refractivity contribution in [2.75, 3.05) is 13.7 Å². The van der Waals surface area contributed by atoms with Crippen LogP contribution in [0.3, 0.4) is 0 Å². The summed E-state index contributed by atoms with van der Waals surface area (Å²) in [5.41, 5.74) is 1.35. The van der Waals surface area contributed by atoms with Gasteiger partial charge in [-0.25, -0.2) is 4.79 Å². The van der Waals surface area contributed by atoms with E-state index in [2.05, 4.69) is 0 Å². The number of carbonyl (C=O) groups excluding carboxylic acids is 1. The van der Waals surface area contributed by atoms with Crippen LogP contribution >= 0.6 is 11.6 Å². The summed E-state index contributed by atoms with van der Waals surface area (Å²) in [4.78, 5) is 11.8. The van der Waals surface area contributed by atoms with Crippen LogP contribution in [0.15, 0.2) is 18.2 Å². The van der Waals surface area contributed by atoms with Gasteiger partial charge in [-0.3, -0.25) is 0 Å². The third kappa shape index (κ3) is 3.93. The minimum absolute atomic E-state index is 0.351. The number of ether oxygens (including phenoxy) is 2. The zero-order chi connectivity index (χ0) is 12.7. The van der Waals surface area contributed by atoms with Crippen molar-refractivity contribution in [2.24, 2.45) is 0 Å². The van der Waals surface area contributed by atoms with Crippen LogP contribution in [0.1, 0.15) is 35.7 Å². The van der Waals surface area contributed by atoms with E-state index in [1.165, 1.54) is 7.11 Å². The minimum Gasteiger partial charge on any atom is -0.496 e. The molecule has 0 aliphatic carbocycles. The maximum atomic E-state index is 11.8. The Morgan fingerprint density at radius 1 is 1.41 bits per heavy atom. The fourth-order valence-electron chi connectivity index (χ4n) is 1.37. The molecular weight excluding hydrogens is 240 g/mol. The van der Waals surface area contributed by atoms with Crippen molar-refractivity contribution in [3.63, 3.8) is 0 Å². The number of alkyl halides is 1. The normalized spacial score (nSPS) is 10.1. The molecule has 3 nitrogen and oxygen atoms in total. The van der Waals surface area contributed by atoms with Crippen molar-refractivity contribution in [2.45, 2.75) is 25.6 Å². The molecule has 0 atom stereocenters. The summed E-state index contributed by atoms with van der Waals surface area (Å²) in [5.74, 6) is 0.544. The summed E-state index contributed by atoms with van der Waals surface area (Å²) in [6.07, 6.45) is 1.86. The van der Waals surface area contributed by atoms with Crippen molar-refractivity contribution in [3.8, 4) is 5.75 Å². The van der Waals surface area contributed by atoms with Gasteiger partial charge in [0, 0.05) is 5.88 Å². The number of benzene rings is 1. The molecule has 0 aromatic heterocycles. The molecule has 0 spiro atoms. The number of hydrogen-bond acceptors (Lipinski definition) is 3. The third-order valence-electron chi connectivity index (χ3n) is 2.37. The summed E-state index contributed by atoms with van der Waals surface area (Å²) in [6.45, 7) is 2.49. The molecule has 0 radical (unpaired) electrons. The van der Waals surface area contributed by atoms with Gasteiger partial charge in [-0.1, -0.05) is 19.4 Å². The predicted octanol–water partition coefficient (Wildman–Crippen LogP) is 3.39. The highest BCUT2D eigenvalue weighted by molar-refractivity contribution is 6.17. The van der Waals surface area contributed by atoms with Gasteiger partial charge in [0.15, 0.2) is 0 Å². The average Bonchev–Trinajstić information content (AvgIpc) is 2.38. The molecule has 0 saturated carbocycles. The molecule has 0 heterocycles. The Morgan fingerprint density at radius 2 is 2.18 bits per heavy atom. The highest BCUT2D eigenvalue weighted by Gasteiger charge is 2.13.